The molecule has 1 aliphatic heterocycles. The molecule has 5 nitrogen and oxygen atoms in total. The highest BCUT2D eigenvalue weighted by molar-refractivity contribution is 6.07. The number of carbonyl (C=O) groups excluding carboxylic acids is 2. The summed E-state index contributed by atoms with van der Waals surface area (Å²) in [6.45, 7) is 6.51. The lowest BCUT2D eigenvalue weighted by Gasteiger charge is -2.30. The van der Waals surface area contributed by atoms with E-state index in [-0.39, 0.29) is 17.9 Å². The molecule has 0 radical (unpaired) electrons. The summed E-state index contributed by atoms with van der Waals surface area (Å²) < 4.78 is 0. The molecule has 2 aromatic rings. The van der Waals surface area contributed by atoms with Crippen LogP contribution in [0.2, 0.25) is 0 Å². The molecule has 1 fully saturated rings. The van der Waals surface area contributed by atoms with Crippen LogP contribution in [-0.4, -0.2) is 41.3 Å². The van der Waals surface area contributed by atoms with Crippen LogP contribution < -0.4 is 5.32 Å². The number of carbonyl (C=O) groups is 2. The zero-order valence-electron chi connectivity index (χ0n) is 14.6. The van der Waals surface area contributed by atoms with Crippen LogP contribution in [0.25, 0.3) is 10.9 Å². The zero-order chi connectivity index (χ0) is 17.4. The van der Waals surface area contributed by atoms with E-state index in [1.807, 2.05) is 32.9 Å². The molecule has 2 heterocycles. The number of amides is 2. The van der Waals surface area contributed by atoms with E-state index < -0.39 is 0 Å². The van der Waals surface area contributed by atoms with E-state index in [2.05, 4.69) is 16.4 Å². The number of piperidine rings is 1. The lowest BCUT2D eigenvalue weighted by molar-refractivity contribution is -0.132. The topological polar surface area (TPSA) is 62.3 Å². The van der Waals surface area contributed by atoms with E-state index >= 15 is 0 Å². The van der Waals surface area contributed by atoms with Gasteiger partial charge in [-0.3, -0.25) is 14.6 Å². The zero-order valence-corrected chi connectivity index (χ0v) is 14.6. The second-order valence-corrected chi connectivity index (χ2v) is 6.77. The molecule has 0 saturated carbocycles. The first-order valence-corrected chi connectivity index (χ1v) is 8.28. The SMILES string of the molecule is Cc1cc(C)c2nc(C)cc(C(=O)N[C@H]3CCC(=O)N(C)C3)c2c1. The molecule has 5 heteroatoms. The van der Waals surface area contributed by atoms with Gasteiger partial charge < -0.3 is 10.2 Å². The smallest absolute Gasteiger partial charge is 0.252 e. The molecule has 0 aliphatic carbocycles. The third-order valence-electron chi connectivity index (χ3n) is 4.58. The number of aryl methyl sites for hydroxylation is 3. The van der Waals surface area contributed by atoms with E-state index in [0.29, 0.717) is 24.9 Å². The number of fused-ring (bicyclic) bond motifs is 1. The Bertz CT molecular complexity index is 829. The molecular formula is C19H23N3O2. The third kappa shape index (κ3) is 3.11. The van der Waals surface area contributed by atoms with Crippen LogP contribution in [0.15, 0.2) is 18.2 Å². The van der Waals surface area contributed by atoms with Gasteiger partial charge in [-0.15, -0.1) is 0 Å². The van der Waals surface area contributed by atoms with Crippen LogP contribution in [0, 0.1) is 20.8 Å². The van der Waals surface area contributed by atoms with Crippen molar-refractivity contribution in [2.45, 2.75) is 39.7 Å². The van der Waals surface area contributed by atoms with Gasteiger partial charge in [-0.2, -0.15) is 0 Å². The molecule has 1 aromatic carbocycles. The molecule has 1 N–H and O–H groups in total. The fraction of sp³-hybridized carbons (Fsp3) is 0.421. The molecule has 0 bridgehead atoms. The molecule has 1 atom stereocenters. The van der Waals surface area contributed by atoms with Crippen molar-refractivity contribution in [2.24, 2.45) is 0 Å². The van der Waals surface area contributed by atoms with Crippen molar-refractivity contribution in [1.82, 2.24) is 15.2 Å². The van der Waals surface area contributed by atoms with Gasteiger partial charge >= 0.3 is 0 Å². The monoisotopic (exact) mass is 325 g/mol. The van der Waals surface area contributed by atoms with Crippen molar-refractivity contribution in [1.29, 1.82) is 0 Å². The molecule has 126 valence electrons. The summed E-state index contributed by atoms with van der Waals surface area (Å²) in [5, 5.41) is 3.97. The largest absolute Gasteiger partial charge is 0.347 e. The number of hydrogen-bond donors (Lipinski definition) is 1. The minimum Gasteiger partial charge on any atom is -0.347 e. The first-order valence-electron chi connectivity index (χ1n) is 8.28. The minimum atomic E-state index is -0.0942. The number of nitrogens with one attached hydrogen (secondary N) is 1. The Kier molecular flexibility index (Phi) is 4.26. The summed E-state index contributed by atoms with van der Waals surface area (Å²) in [4.78, 5) is 30.7. The number of likely N-dealkylation sites (tertiary alicyclic amines) is 1. The Morgan fingerprint density at radius 1 is 1.25 bits per heavy atom. The van der Waals surface area contributed by atoms with E-state index in [0.717, 1.165) is 27.7 Å². The summed E-state index contributed by atoms with van der Waals surface area (Å²) in [5.41, 5.74) is 4.55. The first-order chi connectivity index (χ1) is 11.3. The van der Waals surface area contributed by atoms with Crippen molar-refractivity contribution in [3.05, 3.63) is 40.6 Å². The second kappa shape index (κ2) is 6.23. The van der Waals surface area contributed by atoms with Crippen LogP contribution in [0.1, 0.15) is 40.0 Å². The first kappa shape index (κ1) is 16.4. The van der Waals surface area contributed by atoms with Crippen LogP contribution in [0.3, 0.4) is 0 Å². The fourth-order valence-corrected chi connectivity index (χ4v) is 3.39. The highest BCUT2D eigenvalue weighted by atomic mass is 16.2. The quantitative estimate of drug-likeness (QED) is 0.923. The number of benzene rings is 1. The van der Waals surface area contributed by atoms with Crippen molar-refractivity contribution in [3.8, 4) is 0 Å². The standard InChI is InChI=1S/C19H23N3O2/c1-11-7-12(2)18-15(8-11)16(9-13(3)20-18)19(24)21-14-5-6-17(23)22(4)10-14/h7-9,14H,5-6,10H2,1-4H3,(H,21,24)/t14-/m0/s1. The van der Waals surface area contributed by atoms with E-state index in [1.165, 1.54) is 0 Å². The van der Waals surface area contributed by atoms with Gasteiger partial charge in [-0.1, -0.05) is 11.6 Å². The maximum absolute atomic E-state index is 12.8. The Morgan fingerprint density at radius 3 is 2.71 bits per heavy atom. The summed E-state index contributed by atoms with van der Waals surface area (Å²) in [5.74, 6) is 0.0419. The minimum absolute atomic E-state index is 0.00497. The summed E-state index contributed by atoms with van der Waals surface area (Å²) in [6, 6.07) is 5.93. The normalized spacial score (nSPS) is 18.1. The van der Waals surface area contributed by atoms with Crippen molar-refractivity contribution >= 4 is 22.7 Å². The average molecular weight is 325 g/mol. The number of hydrogen-bond acceptors (Lipinski definition) is 3. The van der Waals surface area contributed by atoms with Crippen LogP contribution in [-0.2, 0) is 4.79 Å². The van der Waals surface area contributed by atoms with E-state index in [1.54, 1.807) is 11.9 Å². The molecule has 0 spiro atoms. The van der Waals surface area contributed by atoms with Gasteiger partial charge in [0.1, 0.15) is 0 Å². The van der Waals surface area contributed by atoms with Gasteiger partial charge in [-0.25, -0.2) is 0 Å². The van der Waals surface area contributed by atoms with Crippen molar-refractivity contribution < 1.29 is 9.59 Å². The number of rotatable bonds is 2. The lowest BCUT2D eigenvalue weighted by atomic mass is 10.00. The molecule has 3 rings (SSSR count). The molecular weight excluding hydrogens is 302 g/mol. The molecule has 2 amide bonds. The van der Waals surface area contributed by atoms with Crippen LogP contribution in [0.4, 0.5) is 0 Å². The number of pyridine rings is 1. The van der Waals surface area contributed by atoms with Crippen molar-refractivity contribution in [3.63, 3.8) is 0 Å². The van der Waals surface area contributed by atoms with Crippen LogP contribution >= 0.6 is 0 Å². The van der Waals surface area contributed by atoms with Gasteiger partial charge in [0, 0.05) is 37.1 Å². The molecule has 24 heavy (non-hydrogen) atoms. The Morgan fingerprint density at radius 2 is 2.00 bits per heavy atom. The predicted octanol–water partition coefficient (Wildman–Crippen LogP) is 2.51. The highest BCUT2D eigenvalue weighted by Gasteiger charge is 2.25. The number of aromatic nitrogens is 1. The molecule has 1 aliphatic rings. The Hall–Kier alpha value is -2.43. The summed E-state index contributed by atoms with van der Waals surface area (Å²) in [6.07, 6.45) is 1.17. The molecule has 1 aromatic heterocycles. The average Bonchev–Trinajstić information content (AvgIpc) is 2.51. The van der Waals surface area contributed by atoms with Gasteiger partial charge in [-0.05, 0) is 44.9 Å². The lowest BCUT2D eigenvalue weighted by Crippen LogP contribution is -2.48. The maximum Gasteiger partial charge on any atom is 0.252 e. The van der Waals surface area contributed by atoms with Gasteiger partial charge in [0.2, 0.25) is 5.91 Å². The summed E-state index contributed by atoms with van der Waals surface area (Å²) >= 11 is 0. The van der Waals surface area contributed by atoms with Crippen molar-refractivity contribution in [2.75, 3.05) is 13.6 Å². The van der Waals surface area contributed by atoms with Crippen LogP contribution in [0.5, 0.6) is 0 Å². The highest BCUT2D eigenvalue weighted by Crippen LogP contribution is 2.24. The summed E-state index contributed by atoms with van der Waals surface area (Å²) in [7, 11) is 1.78. The Labute approximate surface area is 142 Å². The van der Waals surface area contributed by atoms with Gasteiger partial charge in [0.15, 0.2) is 0 Å². The van der Waals surface area contributed by atoms with Gasteiger partial charge in [0.25, 0.3) is 5.91 Å². The second-order valence-electron chi connectivity index (χ2n) is 6.77. The number of nitrogens with zero attached hydrogens (tertiary/aromatic N) is 2. The molecule has 1 saturated heterocycles. The van der Waals surface area contributed by atoms with Gasteiger partial charge in [0.05, 0.1) is 11.1 Å². The third-order valence-corrected chi connectivity index (χ3v) is 4.58. The maximum atomic E-state index is 12.8. The predicted molar refractivity (Wildman–Crippen MR) is 94.1 cm³/mol. The Balaban J connectivity index is 1.94. The number of likely N-dealkylation sites (N-methyl/N-ethyl adjacent to an activating group) is 1. The van der Waals surface area contributed by atoms with E-state index in [9.17, 15) is 9.59 Å². The fourth-order valence-electron chi connectivity index (χ4n) is 3.39. The van der Waals surface area contributed by atoms with E-state index in [4.69, 9.17) is 0 Å². The molecule has 0 unspecified atom stereocenters.